The van der Waals surface area contributed by atoms with Gasteiger partial charge in [0, 0.05) is 28.3 Å². The van der Waals surface area contributed by atoms with Crippen LogP contribution in [0.2, 0.25) is 0 Å². The highest BCUT2D eigenvalue weighted by atomic mass is 16.3. The maximum absolute atomic E-state index is 6.48. The highest BCUT2D eigenvalue weighted by molar-refractivity contribution is 6.22. The molecule has 48 heavy (non-hydrogen) atoms. The summed E-state index contributed by atoms with van der Waals surface area (Å²) in [5.74, 6) is 1.07. The van der Waals surface area contributed by atoms with Crippen LogP contribution in [0.3, 0.4) is 0 Å². The molecule has 10 rings (SSSR count). The van der Waals surface area contributed by atoms with Gasteiger partial charge in [0.25, 0.3) is 0 Å². The fourth-order valence-corrected chi connectivity index (χ4v) is 7.79. The average Bonchev–Trinajstić information content (AvgIpc) is 3.72. The first-order chi connectivity index (χ1) is 23.8. The maximum atomic E-state index is 6.48. The van der Waals surface area contributed by atoms with Gasteiger partial charge in [-0.15, -0.1) is 0 Å². The minimum absolute atomic E-state index is 0.865. The third-order valence-electron chi connectivity index (χ3n) is 9.94. The minimum Gasteiger partial charge on any atom is -0.455 e. The van der Waals surface area contributed by atoms with Gasteiger partial charge in [0.15, 0.2) is 0 Å². The minimum atomic E-state index is 0.865. The molecular weight excluding hydrogens is 585 g/mol. The molecule has 2 heterocycles. The Hall–Kier alpha value is -6.19. The zero-order valence-electron chi connectivity index (χ0n) is 26.4. The van der Waals surface area contributed by atoms with Crippen LogP contribution in [0.4, 0.5) is 0 Å². The number of para-hydroxylation sites is 2. The van der Waals surface area contributed by atoms with Crippen molar-refractivity contribution in [1.29, 1.82) is 0 Å². The van der Waals surface area contributed by atoms with E-state index in [2.05, 4.69) is 163 Å². The van der Waals surface area contributed by atoms with Crippen LogP contribution in [0.5, 0.6) is 0 Å². The van der Waals surface area contributed by atoms with Gasteiger partial charge in [0.2, 0.25) is 0 Å². The molecule has 0 radical (unpaired) electrons. The molecule has 2 aromatic heterocycles. The lowest BCUT2D eigenvalue weighted by molar-refractivity contribution is 0.672. The van der Waals surface area contributed by atoms with E-state index in [1.165, 1.54) is 49.2 Å². The van der Waals surface area contributed by atoms with E-state index in [1.807, 2.05) is 0 Å². The van der Waals surface area contributed by atoms with Crippen LogP contribution in [-0.2, 0) is 6.42 Å². The van der Waals surface area contributed by atoms with Crippen LogP contribution in [0.25, 0.3) is 93.2 Å². The quantitative estimate of drug-likeness (QED) is 0.185. The summed E-state index contributed by atoms with van der Waals surface area (Å²) < 4.78 is 8.77. The number of aromatic nitrogens is 2. The van der Waals surface area contributed by atoms with Crippen LogP contribution < -0.4 is 0 Å². The van der Waals surface area contributed by atoms with E-state index in [4.69, 9.17) is 9.40 Å². The van der Waals surface area contributed by atoms with Crippen LogP contribution in [0.1, 0.15) is 12.7 Å². The molecule has 3 nitrogen and oxygen atoms in total. The van der Waals surface area contributed by atoms with Crippen LogP contribution in [0, 0.1) is 0 Å². The van der Waals surface area contributed by atoms with Crippen molar-refractivity contribution in [3.63, 3.8) is 0 Å². The van der Waals surface area contributed by atoms with Gasteiger partial charge in [-0.2, -0.15) is 0 Å². The molecule has 0 N–H and O–H groups in total. The molecule has 0 aliphatic carbocycles. The van der Waals surface area contributed by atoms with Gasteiger partial charge in [-0.25, -0.2) is 4.98 Å². The number of benzene rings is 8. The monoisotopic (exact) mass is 614 g/mol. The summed E-state index contributed by atoms with van der Waals surface area (Å²) in [6, 6.07) is 54.6. The third-order valence-corrected chi connectivity index (χ3v) is 9.94. The lowest BCUT2D eigenvalue weighted by atomic mass is 9.85. The van der Waals surface area contributed by atoms with Crippen molar-refractivity contribution in [3.05, 3.63) is 157 Å². The number of furan rings is 1. The summed E-state index contributed by atoms with van der Waals surface area (Å²) in [6.45, 7) is 2.17. The smallest absolute Gasteiger partial charge is 0.143 e. The van der Waals surface area contributed by atoms with E-state index < -0.39 is 0 Å². The fraction of sp³-hybridized carbons (Fsp3) is 0.0444. The second-order valence-corrected chi connectivity index (χ2v) is 12.6. The van der Waals surface area contributed by atoms with Gasteiger partial charge >= 0.3 is 0 Å². The summed E-state index contributed by atoms with van der Waals surface area (Å²) in [6.07, 6.45) is 0.865. The molecule has 0 saturated carbocycles. The van der Waals surface area contributed by atoms with E-state index in [0.717, 1.165) is 56.3 Å². The molecule has 0 unspecified atom stereocenters. The molecule has 0 amide bonds. The Bertz CT molecular complexity index is 2820. The fourth-order valence-electron chi connectivity index (χ4n) is 7.79. The van der Waals surface area contributed by atoms with Crippen LogP contribution in [0.15, 0.2) is 156 Å². The standard InChI is InChI=1S/C45H30N2O/c1-2-42-46-39-17-9-10-18-40(39)47(42)31-23-19-29(20-24-31)43-33-13-5-7-15-35(33)44(36-16-8-6-14-34(36)43)30-22-26-41-38(27-30)37-25-21-28-11-3-4-12-32(28)45(37)48-41/h3-27H,2H2,1H3. The second-order valence-electron chi connectivity index (χ2n) is 12.6. The van der Waals surface area contributed by atoms with Crippen molar-refractivity contribution < 1.29 is 4.42 Å². The Morgan fingerprint density at radius 3 is 1.83 bits per heavy atom. The Balaban J connectivity index is 1.19. The summed E-state index contributed by atoms with van der Waals surface area (Å²) in [4.78, 5) is 4.91. The molecule has 226 valence electrons. The Morgan fingerprint density at radius 2 is 1.12 bits per heavy atom. The van der Waals surface area contributed by atoms with E-state index >= 15 is 0 Å². The Kier molecular flexibility index (Phi) is 5.85. The molecule has 10 aromatic rings. The second kappa shape index (κ2) is 10.4. The molecule has 0 atom stereocenters. The lowest BCUT2D eigenvalue weighted by Gasteiger charge is -2.18. The van der Waals surface area contributed by atoms with Crippen molar-refractivity contribution >= 4 is 65.3 Å². The number of rotatable bonds is 4. The molecule has 0 fully saturated rings. The van der Waals surface area contributed by atoms with Gasteiger partial charge in [0.05, 0.1) is 11.0 Å². The predicted octanol–water partition coefficient (Wildman–Crippen LogP) is 12.3. The Morgan fingerprint density at radius 1 is 0.521 bits per heavy atom. The van der Waals surface area contributed by atoms with Gasteiger partial charge in [-0.1, -0.05) is 116 Å². The first-order valence-corrected chi connectivity index (χ1v) is 16.6. The van der Waals surface area contributed by atoms with E-state index in [9.17, 15) is 0 Å². The van der Waals surface area contributed by atoms with Gasteiger partial charge in [0.1, 0.15) is 17.0 Å². The van der Waals surface area contributed by atoms with E-state index in [0.29, 0.717) is 0 Å². The van der Waals surface area contributed by atoms with Crippen molar-refractivity contribution in [3.8, 4) is 27.9 Å². The maximum Gasteiger partial charge on any atom is 0.143 e. The first kappa shape index (κ1) is 27.0. The van der Waals surface area contributed by atoms with Crippen molar-refractivity contribution in [2.75, 3.05) is 0 Å². The molecule has 0 spiro atoms. The number of imidazole rings is 1. The molecule has 3 heteroatoms. The highest BCUT2D eigenvalue weighted by Crippen LogP contribution is 2.45. The van der Waals surface area contributed by atoms with Crippen molar-refractivity contribution in [2.24, 2.45) is 0 Å². The van der Waals surface area contributed by atoms with Crippen LogP contribution in [-0.4, -0.2) is 9.55 Å². The van der Waals surface area contributed by atoms with Crippen LogP contribution >= 0.6 is 0 Å². The molecular formula is C45H30N2O. The SMILES string of the molecule is CCc1nc2ccccc2n1-c1ccc(-c2c3ccccc3c(-c3ccc4oc5c6ccccc6ccc5c4c3)c3ccccc23)cc1. The molecule has 0 saturated heterocycles. The lowest BCUT2D eigenvalue weighted by Crippen LogP contribution is -2.00. The third kappa shape index (κ3) is 3.91. The summed E-state index contributed by atoms with van der Waals surface area (Å²) in [5.41, 5.74) is 10.0. The zero-order chi connectivity index (χ0) is 31.8. The van der Waals surface area contributed by atoms with Gasteiger partial charge in [-0.05, 0) is 91.6 Å². The summed E-state index contributed by atoms with van der Waals surface area (Å²) in [5, 5.41) is 9.57. The van der Waals surface area contributed by atoms with Gasteiger partial charge in [-0.3, -0.25) is 4.57 Å². The highest BCUT2D eigenvalue weighted by Gasteiger charge is 2.19. The zero-order valence-corrected chi connectivity index (χ0v) is 26.4. The molecule has 0 aliphatic rings. The number of nitrogens with zero attached hydrogens (tertiary/aromatic N) is 2. The van der Waals surface area contributed by atoms with Crippen molar-refractivity contribution in [2.45, 2.75) is 13.3 Å². The van der Waals surface area contributed by atoms with Gasteiger partial charge < -0.3 is 4.42 Å². The molecule has 0 aliphatic heterocycles. The molecule has 0 bridgehead atoms. The number of hydrogen-bond acceptors (Lipinski definition) is 2. The number of aryl methyl sites for hydroxylation is 1. The Labute approximate surface area is 277 Å². The first-order valence-electron chi connectivity index (χ1n) is 16.6. The van der Waals surface area contributed by atoms with Crippen molar-refractivity contribution in [1.82, 2.24) is 9.55 Å². The normalized spacial score (nSPS) is 11.9. The topological polar surface area (TPSA) is 31.0 Å². The summed E-state index contributed by atoms with van der Waals surface area (Å²) >= 11 is 0. The van der Waals surface area contributed by atoms with E-state index in [1.54, 1.807) is 0 Å². The summed E-state index contributed by atoms with van der Waals surface area (Å²) in [7, 11) is 0. The number of hydrogen-bond donors (Lipinski definition) is 0. The van der Waals surface area contributed by atoms with E-state index in [-0.39, 0.29) is 0 Å². The predicted molar refractivity (Wildman–Crippen MR) is 201 cm³/mol. The largest absolute Gasteiger partial charge is 0.455 e. The number of fused-ring (bicyclic) bond motifs is 8. The molecule has 8 aromatic carbocycles. The average molecular weight is 615 g/mol.